The molecule has 1 aromatic carbocycles. The maximum absolute atomic E-state index is 11.9. The van der Waals surface area contributed by atoms with E-state index in [9.17, 15) is 9.59 Å². The van der Waals surface area contributed by atoms with Crippen molar-refractivity contribution in [1.82, 2.24) is 5.32 Å². The largest absolute Gasteiger partial charge is 0.453 e. The number of carbonyl (C=O) groups is 2. The molecule has 1 saturated carbocycles. The Morgan fingerprint density at radius 1 is 1.23 bits per heavy atom. The van der Waals surface area contributed by atoms with Crippen LogP contribution >= 0.6 is 0 Å². The van der Waals surface area contributed by atoms with Crippen LogP contribution in [0.4, 0.5) is 0 Å². The highest BCUT2D eigenvalue weighted by atomic mass is 16.5. The molecule has 1 amide bonds. The van der Waals surface area contributed by atoms with Crippen molar-refractivity contribution in [2.75, 3.05) is 0 Å². The van der Waals surface area contributed by atoms with Gasteiger partial charge in [-0.15, -0.1) is 0 Å². The molecule has 0 spiro atoms. The minimum atomic E-state index is -0.736. The molecular formula is C18H25NO3. The summed E-state index contributed by atoms with van der Waals surface area (Å²) in [6.07, 6.45) is 5.56. The molecule has 1 aromatic rings. The van der Waals surface area contributed by atoms with Gasteiger partial charge in [0.15, 0.2) is 6.10 Å². The number of esters is 1. The lowest BCUT2D eigenvalue weighted by Gasteiger charge is -2.14. The van der Waals surface area contributed by atoms with Crippen molar-refractivity contribution < 1.29 is 14.3 Å². The number of carbonyl (C=O) groups excluding carboxylic acids is 2. The van der Waals surface area contributed by atoms with E-state index in [1.54, 1.807) is 6.92 Å². The summed E-state index contributed by atoms with van der Waals surface area (Å²) in [7, 11) is 0. The maximum atomic E-state index is 11.9. The number of nitrogens with one attached hydrogen (secondary N) is 1. The number of hydrogen-bond acceptors (Lipinski definition) is 3. The van der Waals surface area contributed by atoms with Crippen LogP contribution in [-0.4, -0.2) is 18.0 Å². The third-order valence-corrected chi connectivity index (χ3v) is 4.22. The second-order valence-electron chi connectivity index (χ2n) is 6.02. The first kappa shape index (κ1) is 16.5. The van der Waals surface area contributed by atoms with Crippen molar-refractivity contribution in [2.24, 2.45) is 5.92 Å². The summed E-state index contributed by atoms with van der Waals surface area (Å²) in [4.78, 5) is 23.7. The molecule has 0 bridgehead atoms. The van der Waals surface area contributed by atoms with Gasteiger partial charge < -0.3 is 10.1 Å². The van der Waals surface area contributed by atoms with Crippen LogP contribution in [0.15, 0.2) is 30.3 Å². The minimum absolute atomic E-state index is 0.252. The molecule has 0 aromatic heterocycles. The summed E-state index contributed by atoms with van der Waals surface area (Å²) >= 11 is 0. The number of ether oxygens (including phenoxy) is 1. The van der Waals surface area contributed by atoms with Crippen LogP contribution in [0, 0.1) is 5.92 Å². The molecule has 0 saturated heterocycles. The first-order valence-corrected chi connectivity index (χ1v) is 8.16. The van der Waals surface area contributed by atoms with Gasteiger partial charge >= 0.3 is 5.97 Å². The lowest BCUT2D eigenvalue weighted by atomic mass is 10.0. The van der Waals surface area contributed by atoms with Gasteiger partial charge in [-0.05, 0) is 24.8 Å². The molecule has 1 fully saturated rings. The predicted octanol–water partition coefficient (Wildman–Crippen LogP) is 3.20. The zero-order valence-electron chi connectivity index (χ0n) is 13.2. The van der Waals surface area contributed by atoms with Crippen molar-refractivity contribution in [3.8, 4) is 0 Å². The summed E-state index contributed by atoms with van der Waals surface area (Å²) in [6.45, 7) is 2.07. The van der Waals surface area contributed by atoms with Gasteiger partial charge in [0, 0.05) is 13.0 Å². The molecule has 120 valence electrons. The predicted molar refractivity (Wildman–Crippen MR) is 85.0 cm³/mol. The summed E-state index contributed by atoms with van der Waals surface area (Å²) < 4.78 is 5.21. The Kier molecular flexibility index (Phi) is 6.44. The van der Waals surface area contributed by atoms with Gasteiger partial charge in [-0.2, -0.15) is 0 Å². The van der Waals surface area contributed by atoms with Crippen molar-refractivity contribution in [2.45, 2.75) is 58.1 Å². The van der Waals surface area contributed by atoms with Crippen LogP contribution in [0.3, 0.4) is 0 Å². The lowest BCUT2D eigenvalue weighted by Crippen LogP contribution is -2.35. The lowest BCUT2D eigenvalue weighted by molar-refractivity contribution is -0.155. The smallest absolute Gasteiger partial charge is 0.306 e. The highest BCUT2D eigenvalue weighted by Crippen LogP contribution is 2.28. The van der Waals surface area contributed by atoms with Gasteiger partial charge in [-0.25, -0.2) is 0 Å². The first-order chi connectivity index (χ1) is 10.6. The monoisotopic (exact) mass is 303 g/mol. The molecule has 0 aliphatic heterocycles. The molecule has 1 aliphatic carbocycles. The molecule has 22 heavy (non-hydrogen) atoms. The van der Waals surface area contributed by atoms with E-state index in [-0.39, 0.29) is 11.9 Å². The van der Waals surface area contributed by atoms with Crippen molar-refractivity contribution in [3.05, 3.63) is 35.9 Å². The summed E-state index contributed by atoms with van der Waals surface area (Å²) in [5.41, 5.74) is 1.02. The summed E-state index contributed by atoms with van der Waals surface area (Å²) in [5.74, 6) is 0.141. The highest BCUT2D eigenvalue weighted by Gasteiger charge is 2.20. The molecule has 1 aliphatic rings. The van der Waals surface area contributed by atoms with Crippen LogP contribution in [0.25, 0.3) is 0 Å². The van der Waals surface area contributed by atoms with E-state index in [1.165, 1.54) is 25.7 Å². The molecule has 4 heteroatoms. The fourth-order valence-corrected chi connectivity index (χ4v) is 2.86. The third kappa shape index (κ3) is 5.51. The van der Waals surface area contributed by atoms with Gasteiger partial charge in [-0.3, -0.25) is 9.59 Å². The average Bonchev–Trinajstić information content (AvgIpc) is 3.05. The van der Waals surface area contributed by atoms with Gasteiger partial charge in [0.2, 0.25) is 0 Å². The Hall–Kier alpha value is -1.84. The SMILES string of the molecule is C[C@@H](OC(=O)CCC1CCCC1)C(=O)NCc1ccccc1. The standard InChI is InChI=1S/C18H25NO3/c1-14(18(21)19-13-16-9-3-2-4-10-16)22-17(20)12-11-15-7-5-6-8-15/h2-4,9-10,14-15H,5-8,11-13H2,1H3,(H,19,21)/t14-/m1/s1. The van der Waals surface area contributed by atoms with Gasteiger partial charge in [0.25, 0.3) is 5.91 Å². The number of rotatable bonds is 7. The van der Waals surface area contributed by atoms with Crippen molar-refractivity contribution in [1.29, 1.82) is 0 Å². The van der Waals surface area contributed by atoms with Crippen LogP contribution in [-0.2, 0) is 20.9 Å². The van der Waals surface area contributed by atoms with E-state index in [0.29, 0.717) is 18.9 Å². The van der Waals surface area contributed by atoms with E-state index in [2.05, 4.69) is 5.32 Å². The molecule has 1 N–H and O–H groups in total. The molecule has 0 heterocycles. The summed E-state index contributed by atoms with van der Waals surface area (Å²) in [5, 5.41) is 2.79. The first-order valence-electron chi connectivity index (χ1n) is 8.16. The van der Waals surface area contributed by atoms with Gasteiger partial charge in [0.1, 0.15) is 0 Å². The zero-order valence-corrected chi connectivity index (χ0v) is 13.2. The van der Waals surface area contributed by atoms with Crippen LogP contribution < -0.4 is 5.32 Å². The Morgan fingerprint density at radius 3 is 2.59 bits per heavy atom. The Balaban J connectivity index is 1.65. The Morgan fingerprint density at radius 2 is 1.91 bits per heavy atom. The molecule has 0 radical (unpaired) electrons. The maximum Gasteiger partial charge on any atom is 0.306 e. The normalized spacial score (nSPS) is 16.2. The third-order valence-electron chi connectivity index (χ3n) is 4.22. The molecule has 1 atom stereocenters. The highest BCUT2D eigenvalue weighted by molar-refractivity contribution is 5.83. The average molecular weight is 303 g/mol. The molecule has 2 rings (SSSR count). The quantitative estimate of drug-likeness (QED) is 0.787. The van der Waals surface area contributed by atoms with Crippen LogP contribution in [0.2, 0.25) is 0 Å². The van der Waals surface area contributed by atoms with Gasteiger partial charge in [-0.1, -0.05) is 56.0 Å². The number of benzene rings is 1. The van der Waals surface area contributed by atoms with E-state index in [4.69, 9.17) is 4.74 Å². The van der Waals surface area contributed by atoms with E-state index in [0.717, 1.165) is 12.0 Å². The van der Waals surface area contributed by atoms with E-state index in [1.807, 2.05) is 30.3 Å². The second-order valence-corrected chi connectivity index (χ2v) is 6.02. The molecular weight excluding hydrogens is 278 g/mol. The van der Waals surface area contributed by atoms with Gasteiger partial charge in [0.05, 0.1) is 0 Å². The molecule has 4 nitrogen and oxygen atoms in total. The van der Waals surface area contributed by atoms with Crippen molar-refractivity contribution in [3.63, 3.8) is 0 Å². The fraction of sp³-hybridized carbons (Fsp3) is 0.556. The fourth-order valence-electron chi connectivity index (χ4n) is 2.86. The Bertz CT molecular complexity index is 480. The van der Waals surface area contributed by atoms with Crippen molar-refractivity contribution >= 4 is 11.9 Å². The van der Waals surface area contributed by atoms with Crippen LogP contribution in [0.1, 0.15) is 51.0 Å². The van der Waals surface area contributed by atoms with E-state index < -0.39 is 6.10 Å². The second kappa shape index (κ2) is 8.57. The molecule has 0 unspecified atom stereocenters. The number of amides is 1. The van der Waals surface area contributed by atoms with Crippen LogP contribution in [0.5, 0.6) is 0 Å². The minimum Gasteiger partial charge on any atom is -0.453 e. The topological polar surface area (TPSA) is 55.4 Å². The van der Waals surface area contributed by atoms with E-state index >= 15 is 0 Å². The Labute approximate surface area is 132 Å². The number of hydrogen-bond donors (Lipinski definition) is 1. The zero-order chi connectivity index (χ0) is 15.8. The summed E-state index contributed by atoms with van der Waals surface area (Å²) in [6, 6.07) is 9.67.